The number of aromatic nitrogens is 3. The van der Waals surface area contributed by atoms with Crippen LogP contribution in [0.15, 0.2) is 36.5 Å². The molecule has 0 saturated carbocycles. The third-order valence-corrected chi connectivity index (χ3v) is 4.40. The van der Waals surface area contributed by atoms with Crippen LogP contribution in [0, 0.1) is 11.8 Å². The number of carbonyl (C=O) groups excluding carboxylic acids is 2. The van der Waals surface area contributed by atoms with Crippen molar-refractivity contribution in [3.63, 3.8) is 0 Å². The minimum Gasteiger partial charge on any atom is -0.497 e. The average molecular weight is 407 g/mol. The van der Waals surface area contributed by atoms with E-state index in [4.69, 9.17) is 10.5 Å². The summed E-state index contributed by atoms with van der Waals surface area (Å²) in [5, 5.41) is 14.9. The molecule has 0 saturated heterocycles. The van der Waals surface area contributed by atoms with Gasteiger partial charge in [-0.15, -0.1) is 0 Å². The van der Waals surface area contributed by atoms with Crippen molar-refractivity contribution in [3.8, 4) is 23.4 Å². The predicted molar refractivity (Wildman–Crippen MR) is 110 cm³/mol. The van der Waals surface area contributed by atoms with E-state index in [0.29, 0.717) is 47.4 Å². The topological polar surface area (TPSA) is 124 Å². The first-order valence-electron chi connectivity index (χ1n) is 9.11. The first-order valence-corrected chi connectivity index (χ1v) is 9.11. The Hall–Kier alpha value is -3.90. The van der Waals surface area contributed by atoms with E-state index in [9.17, 15) is 14.7 Å². The molecule has 0 aliphatic carbocycles. The number of aliphatic hydroxyl groups is 1. The first-order chi connectivity index (χ1) is 14.4. The summed E-state index contributed by atoms with van der Waals surface area (Å²) in [7, 11) is 3.16. The molecule has 0 aliphatic rings. The number of aliphatic hydroxyl groups excluding tert-OH is 1. The highest BCUT2D eigenvalue weighted by Gasteiger charge is 2.17. The van der Waals surface area contributed by atoms with Crippen molar-refractivity contribution in [3.05, 3.63) is 47.8 Å². The third-order valence-electron chi connectivity index (χ3n) is 4.40. The van der Waals surface area contributed by atoms with Crippen molar-refractivity contribution < 1.29 is 19.4 Å². The molecule has 1 unspecified atom stereocenters. The summed E-state index contributed by atoms with van der Waals surface area (Å²) in [4.78, 5) is 28.2. The lowest BCUT2D eigenvalue weighted by Crippen LogP contribution is -2.21. The van der Waals surface area contributed by atoms with Crippen LogP contribution in [0.3, 0.4) is 0 Å². The first kappa shape index (κ1) is 20.8. The Bertz CT molecular complexity index is 1150. The number of carbonyl (C=O) groups is 2. The van der Waals surface area contributed by atoms with Gasteiger partial charge in [0.15, 0.2) is 11.5 Å². The Morgan fingerprint density at radius 3 is 2.90 bits per heavy atom. The third kappa shape index (κ3) is 4.56. The molecule has 0 spiro atoms. The van der Waals surface area contributed by atoms with Crippen LogP contribution >= 0.6 is 0 Å². The predicted octanol–water partition coefficient (Wildman–Crippen LogP) is 0.719. The molecule has 30 heavy (non-hydrogen) atoms. The summed E-state index contributed by atoms with van der Waals surface area (Å²) < 4.78 is 6.73. The van der Waals surface area contributed by atoms with Gasteiger partial charge in [-0.25, -0.2) is 9.67 Å². The fraction of sp³-hybridized carbons (Fsp3) is 0.238. The van der Waals surface area contributed by atoms with Crippen LogP contribution < -0.4 is 10.5 Å². The van der Waals surface area contributed by atoms with Gasteiger partial charge in [-0.2, -0.15) is 5.10 Å². The standard InChI is InChI=1S/C21H21N5O4/c1-25(13-27)10-8-15(28)4-3-14-7-9-23-19(11-14)26-18-6-5-16(30-2)12-17(18)20(24-26)21(22)29/h5-7,9,11-13,15,28H,8,10H2,1-2H3,(H2,22,29). The smallest absolute Gasteiger partial charge is 0.269 e. The summed E-state index contributed by atoms with van der Waals surface area (Å²) in [5.74, 6) is 6.00. The molecule has 9 heteroatoms. The second-order valence-corrected chi connectivity index (χ2v) is 6.57. The van der Waals surface area contributed by atoms with Gasteiger partial charge in [-0.3, -0.25) is 9.59 Å². The Morgan fingerprint density at radius 1 is 1.40 bits per heavy atom. The van der Waals surface area contributed by atoms with E-state index in [-0.39, 0.29) is 5.69 Å². The van der Waals surface area contributed by atoms with E-state index in [2.05, 4.69) is 21.9 Å². The molecule has 0 fully saturated rings. The van der Waals surface area contributed by atoms with Gasteiger partial charge in [0, 0.05) is 37.2 Å². The van der Waals surface area contributed by atoms with Crippen molar-refractivity contribution >= 4 is 23.2 Å². The molecule has 3 rings (SSSR count). The van der Waals surface area contributed by atoms with Crippen LogP contribution in [0.25, 0.3) is 16.7 Å². The molecule has 0 radical (unpaired) electrons. The number of nitrogens with two attached hydrogens (primary N) is 1. The highest BCUT2D eigenvalue weighted by molar-refractivity contribution is 6.04. The zero-order valence-electron chi connectivity index (χ0n) is 16.6. The van der Waals surface area contributed by atoms with Gasteiger partial charge in [0.25, 0.3) is 5.91 Å². The van der Waals surface area contributed by atoms with Crippen molar-refractivity contribution in [2.75, 3.05) is 20.7 Å². The monoisotopic (exact) mass is 407 g/mol. The number of rotatable bonds is 7. The number of benzene rings is 1. The molecule has 2 amide bonds. The number of methoxy groups -OCH3 is 1. The van der Waals surface area contributed by atoms with Crippen LogP contribution in [-0.2, 0) is 4.79 Å². The van der Waals surface area contributed by atoms with Crippen molar-refractivity contribution in [2.45, 2.75) is 12.5 Å². The number of amides is 2. The maximum atomic E-state index is 11.8. The maximum Gasteiger partial charge on any atom is 0.269 e. The lowest BCUT2D eigenvalue weighted by molar-refractivity contribution is -0.117. The van der Waals surface area contributed by atoms with Crippen LogP contribution in [0.2, 0.25) is 0 Å². The van der Waals surface area contributed by atoms with Gasteiger partial charge in [0.05, 0.1) is 12.6 Å². The Labute approximate surface area is 173 Å². The fourth-order valence-electron chi connectivity index (χ4n) is 2.81. The maximum absolute atomic E-state index is 11.8. The van der Waals surface area contributed by atoms with Gasteiger partial charge in [0.2, 0.25) is 6.41 Å². The van der Waals surface area contributed by atoms with Gasteiger partial charge in [0.1, 0.15) is 11.9 Å². The van der Waals surface area contributed by atoms with E-state index in [1.54, 1.807) is 43.6 Å². The van der Waals surface area contributed by atoms with Crippen molar-refractivity contribution in [2.24, 2.45) is 5.73 Å². The lowest BCUT2D eigenvalue weighted by Gasteiger charge is -2.10. The van der Waals surface area contributed by atoms with Crippen LogP contribution in [0.4, 0.5) is 0 Å². The molecule has 0 bridgehead atoms. The number of pyridine rings is 1. The second-order valence-electron chi connectivity index (χ2n) is 6.57. The normalized spacial score (nSPS) is 11.4. The van der Waals surface area contributed by atoms with Gasteiger partial charge >= 0.3 is 0 Å². The average Bonchev–Trinajstić information content (AvgIpc) is 3.15. The summed E-state index contributed by atoms with van der Waals surface area (Å²) in [6, 6.07) is 8.60. The van der Waals surface area contributed by atoms with E-state index < -0.39 is 12.0 Å². The number of hydrogen-bond acceptors (Lipinski definition) is 6. The van der Waals surface area contributed by atoms with Gasteiger partial charge in [-0.05, 0) is 30.3 Å². The Morgan fingerprint density at radius 2 is 2.20 bits per heavy atom. The molecule has 1 atom stereocenters. The number of ether oxygens (including phenoxy) is 1. The number of nitrogens with zero attached hydrogens (tertiary/aromatic N) is 4. The van der Waals surface area contributed by atoms with Gasteiger partial charge in [-0.1, -0.05) is 11.8 Å². The molecular weight excluding hydrogens is 386 g/mol. The fourth-order valence-corrected chi connectivity index (χ4v) is 2.81. The number of hydrogen-bond donors (Lipinski definition) is 2. The minimum absolute atomic E-state index is 0.108. The second kappa shape index (κ2) is 9.07. The van der Waals surface area contributed by atoms with E-state index in [0.717, 1.165) is 0 Å². The van der Waals surface area contributed by atoms with Crippen LogP contribution in [0.1, 0.15) is 22.5 Å². The summed E-state index contributed by atoms with van der Waals surface area (Å²) >= 11 is 0. The largest absolute Gasteiger partial charge is 0.497 e. The zero-order valence-corrected chi connectivity index (χ0v) is 16.6. The molecule has 3 N–H and O–H groups in total. The molecule has 154 valence electrons. The lowest BCUT2D eigenvalue weighted by atomic mass is 10.2. The van der Waals surface area contributed by atoms with Crippen LogP contribution in [0.5, 0.6) is 5.75 Å². The molecule has 9 nitrogen and oxygen atoms in total. The van der Waals surface area contributed by atoms with Crippen molar-refractivity contribution in [1.82, 2.24) is 19.7 Å². The molecule has 1 aromatic carbocycles. The van der Waals surface area contributed by atoms with E-state index in [1.165, 1.54) is 16.7 Å². The summed E-state index contributed by atoms with van der Waals surface area (Å²) in [6.07, 6.45) is 1.73. The number of primary amides is 1. The molecular formula is C21H21N5O4. The quantitative estimate of drug-likeness (QED) is 0.439. The SMILES string of the molecule is COc1ccc2c(c1)c(C(N)=O)nn2-c1cc(C#CC(O)CCN(C)C=O)ccn1. The van der Waals surface area contributed by atoms with Crippen molar-refractivity contribution in [1.29, 1.82) is 0 Å². The number of fused-ring (bicyclic) bond motifs is 1. The minimum atomic E-state index is -0.872. The molecule has 0 aliphatic heterocycles. The van der Waals surface area contributed by atoms with E-state index >= 15 is 0 Å². The Balaban J connectivity index is 1.93. The van der Waals surface area contributed by atoms with E-state index in [1.807, 2.05) is 0 Å². The highest BCUT2D eigenvalue weighted by Crippen LogP contribution is 2.26. The molecule has 2 aromatic heterocycles. The van der Waals surface area contributed by atoms with Crippen LogP contribution in [-0.4, -0.2) is 63.9 Å². The summed E-state index contributed by atoms with van der Waals surface area (Å²) in [6.45, 7) is 0.402. The zero-order chi connectivity index (χ0) is 21.7. The molecule has 2 heterocycles. The summed E-state index contributed by atoms with van der Waals surface area (Å²) in [5.41, 5.74) is 6.84. The highest BCUT2D eigenvalue weighted by atomic mass is 16.5. The Kier molecular flexibility index (Phi) is 6.29. The van der Waals surface area contributed by atoms with Gasteiger partial charge < -0.3 is 20.5 Å². The molecule has 3 aromatic rings.